The first-order chi connectivity index (χ1) is 2.50. The molecule has 0 aromatic heterocycles. The predicted octanol–water partition coefficient (Wildman–Crippen LogP) is 0.328. The first kappa shape index (κ1) is 3.59. The van der Waals surface area contributed by atoms with Crippen LogP contribution in [0.4, 0.5) is 0 Å². The van der Waals surface area contributed by atoms with Gasteiger partial charge < -0.3 is 0 Å². The van der Waals surface area contributed by atoms with E-state index in [0.29, 0.717) is 14.1 Å². The van der Waals surface area contributed by atoms with Gasteiger partial charge in [0, 0.05) is 0 Å². The Labute approximate surface area is 40.6 Å². The molecule has 0 aliphatic carbocycles. The summed E-state index contributed by atoms with van der Waals surface area (Å²) in [6.45, 7) is 0. The molecule has 0 saturated carbocycles. The maximum atomic E-state index is 3.07. The Bertz CT molecular complexity index is 47.6. The van der Waals surface area contributed by atoms with Crippen molar-refractivity contribution in [2.75, 3.05) is 0 Å². The third kappa shape index (κ3) is 0.875. The van der Waals surface area contributed by atoms with E-state index in [1.165, 1.54) is 0 Å². The molecule has 3 heteroatoms. The van der Waals surface area contributed by atoms with Crippen molar-refractivity contribution in [3.8, 4) is 0 Å². The van der Waals surface area contributed by atoms with Crippen LogP contribution < -0.4 is 4.33 Å². The van der Waals surface area contributed by atoms with Crippen LogP contribution in [0.3, 0.4) is 0 Å². The number of hydrogen-bond acceptors (Lipinski definition) is 2. The molecule has 0 spiro atoms. The predicted molar refractivity (Wildman–Crippen MR) is 25.6 cm³/mol. The molecule has 0 radical (unpaired) electrons. The third-order valence-electron chi connectivity index (χ3n) is 0.288. The quantitative estimate of drug-likeness (QED) is 0.502. The summed E-state index contributed by atoms with van der Waals surface area (Å²) in [5.74, 6) is 0. The summed E-state index contributed by atoms with van der Waals surface area (Å²) in [4.78, 5) is 0. The second-order valence-corrected chi connectivity index (χ2v) is 3.99. The molecular formula is C2H3NSSe. The standard InChI is InChI=1S/C2H3NSSe/c1-2-4-5-3-1/h1-3H. The molecule has 28 valence electrons. The van der Waals surface area contributed by atoms with Crippen molar-refractivity contribution in [1.29, 1.82) is 0 Å². The summed E-state index contributed by atoms with van der Waals surface area (Å²) in [5.41, 5.74) is 0. The van der Waals surface area contributed by atoms with Crippen molar-refractivity contribution in [2.24, 2.45) is 0 Å². The maximum absolute atomic E-state index is 3.07. The minimum atomic E-state index is 0.625. The van der Waals surface area contributed by atoms with E-state index in [0.717, 1.165) is 0 Å². The zero-order chi connectivity index (χ0) is 3.54. The first-order valence-electron chi connectivity index (χ1n) is 1.23. The van der Waals surface area contributed by atoms with Gasteiger partial charge in [0.05, 0.1) is 0 Å². The zero-order valence-electron chi connectivity index (χ0n) is 2.47. The molecule has 0 aromatic carbocycles. The van der Waals surface area contributed by atoms with E-state index in [-0.39, 0.29) is 0 Å². The van der Waals surface area contributed by atoms with Gasteiger partial charge in [0.25, 0.3) is 0 Å². The van der Waals surface area contributed by atoms with Gasteiger partial charge in [-0.15, -0.1) is 0 Å². The zero-order valence-corrected chi connectivity index (χ0v) is 5.00. The summed E-state index contributed by atoms with van der Waals surface area (Å²) in [7, 11) is 1.84. The monoisotopic (exact) mass is 153 g/mol. The van der Waals surface area contributed by atoms with E-state index in [1.54, 1.807) is 0 Å². The van der Waals surface area contributed by atoms with Gasteiger partial charge in [-0.2, -0.15) is 0 Å². The fourth-order valence-corrected chi connectivity index (χ4v) is 2.17. The van der Waals surface area contributed by atoms with Gasteiger partial charge in [0.2, 0.25) is 0 Å². The molecule has 0 aromatic rings. The molecule has 1 heterocycles. The van der Waals surface area contributed by atoms with Crippen LogP contribution in [-0.4, -0.2) is 14.1 Å². The molecule has 0 amide bonds. The Morgan fingerprint density at radius 1 is 1.80 bits per heavy atom. The number of hydrogen-bond donors (Lipinski definition) is 1. The average Bonchev–Trinajstić information content (AvgIpc) is 1.76. The van der Waals surface area contributed by atoms with Gasteiger partial charge in [-0.05, 0) is 0 Å². The van der Waals surface area contributed by atoms with E-state index >= 15 is 0 Å². The van der Waals surface area contributed by atoms with Crippen LogP contribution >= 0.6 is 10.2 Å². The molecule has 0 unspecified atom stereocenters. The molecule has 1 N–H and O–H groups in total. The van der Waals surface area contributed by atoms with Crippen LogP contribution in [0.5, 0.6) is 0 Å². The van der Waals surface area contributed by atoms with Crippen molar-refractivity contribution in [2.45, 2.75) is 0 Å². The molecule has 0 saturated heterocycles. The Kier molecular flexibility index (Phi) is 1.26. The average molecular weight is 152 g/mol. The van der Waals surface area contributed by atoms with Crippen LogP contribution in [0.1, 0.15) is 0 Å². The van der Waals surface area contributed by atoms with Gasteiger partial charge in [0.1, 0.15) is 0 Å². The topological polar surface area (TPSA) is 12.0 Å². The summed E-state index contributed by atoms with van der Waals surface area (Å²) in [6, 6.07) is 0. The van der Waals surface area contributed by atoms with Crippen LogP contribution in [0, 0.1) is 0 Å². The van der Waals surface area contributed by atoms with Crippen LogP contribution in [0.2, 0.25) is 0 Å². The Hall–Kier alpha value is 0.409. The summed E-state index contributed by atoms with van der Waals surface area (Å²) >= 11 is 0.625. The van der Waals surface area contributed by atoms with Crippen molar-refractivity contribution in [3.05, 3.63) is 11.6 Å². The molecule has 1 aliphatic heterocycles. The van der Waals surface area contributed by atoms with Crippen LogP contribution in [0.25, 0.3) is 0 Å². The normalized spacial score (nSPS) is 19.2. The van der Waals surface area contributed by atoms with Crippen molar-refractivity contribution in [1.82, 2.24) is 4.33 Å². The Morgan fingerprint density at radius 3 is 3.00 bits per heavy atom. The molecule has 0 atom stereocenters. The van der Waals surface area contributed by atoms with E-state index < -0.39 is 0 Å². The van der Waals surface area contributed by atoms with Gasteiger partial charge in [-0.1, -0.05) is 0 Å². The minimum absolute atomic E-state index is 0.625. The third-order valence-corrected chi connectivity index (χ3v) is 2.92. The molecule has 1 nitrogen and oxygen atoms in total. The van der Waals surface area contributed by atoms with Gasteiger partial charge in [0.15, 0.2) is 0 Å². The van der Waals surface area contributed by atoms with Crippen molar-refractivity contribution < 1.29 is 0 Å². The SMILES string of the molecule is C1=CS[Se]N1. The molecular weight excluding hydrogens is 149 g/mol. The van der Waals surface area contributed by atoms with Crippen molar-refractivity contribution in [3.63, 3.8) is 0 Å². The van der Waals surface area contributed by atoms with E-state index in [1.807, 2.05) is 16.4 Å². The summed E-state index contributed by atoms with van der Waals surface area (Å²) in [6.07, 6.45) is 1.98. The summed E-state index contributed by atoms with van der Waals surface area (Å²) < 4.78 is 3.07. The first-order valence-corrected chi connectivity index (χ1v) is 4.99. The summed E-state index contributed by atoms with van der Waals surface area (Å²) in [5, 5.41) is 2.07. The Morgan fingerprint density at radius 2 is 2.80 bits per heavy atom. The van der Waals surface area contributed by atoms with E-state index in [4.69, 9.17) is 0 Å². The second kappa shape index (κ2) is 1.75. The number of rotatable bonds is 0. The molecule has 1 aliphatic rings. The number of nitrogens with one attached hydrogen (secondary N) is 1. The fourth-order valence-electron chi connectivity index (χ4n) is 0.139. The molecule has 0 fully saturated rings. The van der Waals surface area contributed by atoms with Gasteiger partial charge >= 0.3 is 40.2 Å². The van der Waals surface area contributed by atoms with Gasteiger partial charge in [-0.25, -0.2) is 0 Å². The van der Waals surface area contributed by atoms with Crippen LogP contribution in [-0.2, 0) is 0 Å². The molecule has 1 rings (SSSR count). The molecule has 5 heavy (non-hydrogen) atoms. The van der Waals surface area contributed by atoms with Gasteiger partial charge in [-0.3, -0.25) is 0 Å². The molecule has 0 bridgehead atoms. The van der Waals surface area contributed by atoms with Crippen LogP contribution in [0.15, 0.2) is 11.6 Å². The second-order valence-electron chi connectivity index (χ2n) is 0.600. The van der Waals surface area contributed by atoms with E-state index in [9.17, 15) is 0 Å². The van der Waals surface area contributed by atoms with E-state index in [2.05, 4.69) is 9.74 Å². The van der Waals surface area contributed by atoms with Crippen molar-refractivity contribution >= 4 is 24.2 Å². The fraction of sp³-hybridized carbons (Fsp3) is 0. The Balaban J connectivity index is 2.32.